The van der Waals surface area contributed by atoms with Gasteiger partial charge in [-0.2, -0.15) is 4.98 Å². The van der Waals surface area contributed by atoms with Crippen molar-refractivity contribution in [1.82, 2.24) is 9.97 Å². The molecule has 1 unspecified atom stereocenters. The van der Waals surface area contributed by atoms with Crippen molar-refractivity contribution in [3.63, 3.8) is 0 Å². The van der Waals surface area contributed by atoms with Crippen LogP contribution in [0, 0.1) is 0 Å². The first-order valence-corrected chi connectivity index (χ1v) is 6.08. The monoisotopic (exact) mass is 257 g/mol. The zero-order chi connectivity index (χ0) is 12.3. The van der Waals surface area contributed by atoms with Crippen LogP contribution in [0.5, 0.6) is 6.01 Å². The number of hydrogen-bond donors (Lipinski definition) is 1. The lowest BCUT2D eigenvalue weighted by atomic mass is 10.0. The summed E-state index contributed by atoms with van der Waals surface area (Å²) in [5.74, 6) is 0.650. The minimum absolute atomic E-state index is 0.0841. The van der Waals surface area contributed by atoms with Crippen LogP contribution in [-0.4, -0.2) is 41.4 Å². The van der Waals surface area contributed by atoms with Crippen LogP contribution in [0.4, 0.5) is 5.82 Å². The fraction of sp³-hybridized carbons (Fsp3) is 0.636. The van der Waals surface area contributed by atoms with E-state index in [0.717, 1.165) is 25.8 Å². The van der Waals surface area contributed by atoms with Crippen LogP contribution in [-0.2, 0) is 0 Å². The smallest absolute Gasteiger partial charge is 0.318 e. The van der Waals surface area contributed by atoms with Crippen LogP contribution in [0.2, 0.25) is 5.02 Å². The average molecular weight is 258 g/mol. The van der Waals surface area contributed by atoms with Crippen LogP contribution in [0.3, 0.4) is 0 Å². The first-order chi connectivity index (χ1) is 8.26. The second-order valence-corrected chi connectivity index (χ2v) is 4.46. The number of piperidine rings is 1. The number of nitrogens with zero attached hydrogens (tertiary/aromatic N) is 3. The molecule has 0 bridgehead atoms. The molecule has 1 aliphatic heterocycles. The predicted molar refractivity (Wildman–Crippen MR) is 65.7 cm³/mol. The van der Waals surface area contributed by atoms with Gasteiger partial charge in [0.1, 0.15) is 5.02 Å². The lowest BCUT2D eigenvalue weighted by Gasteiger charge is -2.35. The topological polar surface area (TPSA) is 58.5 Å². The molecule has 1 fully saturated rings. The summed E-state index contributed by atoms with van der Waals surface area (Å²) in [6.07, 6.45) is 4.70. The highest BCUT2D eigenvalue weighted by molar-refractivity contribution is 6.32. The maximum absolute atomic E-state index is 9.38. The SMILES string of the molecule is COc1ncc(Cl)c(N2CCCCC2CO)n1. The fourth-order valence-corrected chi connectivity index (χ4v) is 2.31. The number of ether oxygens (including phenoxy) is 1. The van der Waals surface area contributed by atoms with E-state index in [0.29, 0.717) is 16.9 Å². The molecule has 0 aliphatic carbocycles. The van der Waals surface area contributed by atoms with Crippen LogP contribution in [0.25, 0.3) is 0 Å². The van der Waals surface area contributed by atoms with Gasteiger partial charge < -0.3 is 14.7 Å². The van der Waals surface area contributed by atoms with Gasteiger partial charge in [0.05, 0.1) is 26.0 Å². The van der Waals surface area contributed by atoms with Crippen molar-refractivity contribution in [3.8, 4) is 6.01 Å². The maximum Gasteiger partial charge on any atom is 0.318 e. The van der Waals surface area contributed by atoms with Gasteiger partial charge in [0.25, 0.3) is 0 Å². The molecule has 1 atom stereocenters. The number of methoxy groups -OCH3 is 1. The highest BCUT2D eigenvalue weighted by atomic mass is 35.5. The highest BCUT2D eigenvalue weighted by Crippen LogP contribution is 2.29. The number of rotatable bonds is 3. The average Bonchev–Trinajstić information content (AvgIpc) is 2.39. The molecular weight excluding hydrogens is 242 g/mol. The van der Waals surface area contributed by atoms with Crippen LogP contribution in [0.1, 0.15) is 19.3 Å². The summed E-state index contributed by atoms with van der Waals surface area (Å²) in [5.41, 5.74) is 0. The summed E-state index contributed by atoms with van der Waals surface area (Å²) in [7, 11) is 1.52. The van der Waals surface area contributed by atoms with E-state index < -0.39 is 0 Å². The summed E-state index contributed by atoms with van der Waals surface area (Å²) < 4.78 is 5.00. The molecule has 6 heteroatoms. The Balaban J connectivity index is 2.30. The number of hydrogen-bond acceptors (Lipinski definition) is 5. The molecule has 5 nitrogen and oxygen atoms in total. The second-order valence-electron chi connectivity index (χ2n) is 4.05. The molecular formula is C11H16ClN3O2. The van der Waals surface area contributed by atoms with E-state index in [1.54, 1.807) is 0 Å². The van der Waals surface area contributed by atoms with Gasteiger partial charge >= 0.3 is 6.01 Å². The lowest BCUT2D eigenvalue weighted by Crippen LogP contribution is -2.42. The standard InChI is InChI=1S/C11H16ClN3O2/c1-17-11-13-6-9(12)10(14-11)15-5-3-2-4-8(15)7-16/h6,8,16H,2-5,7H2,1H3. The van der Waals surface area contributed by atoms with Gasteiger partial charge in [0.15, 0.2) is 5.82 Å². The Hall–Kier alpha value is -1.07. The van der Waals surface area contributed by atoms with Gasteiger partial charge in [0, 0.05) is 6.54 Å². The van der Waals surface area contributed by atoms with E-state index >= 15 is 0 Å². The van der Waals surface area contributed by atoms with Gasteiger partial charge in [-0.3, -0.25) is 0 Å². The minimum atomic E-state index is 0.0841. The molecule has 2 heterocycles. The van der Waals surface area contributed by atoms with Crippen molar-refractivity contribution in [2.24, 2.45) is 0 Å². The third-order valence-electron chi connectivity index (χ3n) is 3.00. The Morgan fingerprint density at radius 1 is 1.59 bits per heavy atom. The van der Waals surface area contributed by atoms with E-state index in [-0.39, 0.29) is 12.6 Å². The Bertz CT molecular complexity index is 389. The number of aliphatic hydroxyl groups is 1. The van der Waals surface area contributed by atoms with Crippen molar-refractivity contribution in [1.29, 1.82) is 0 Å². The van der Waals surface area contributed by atoms with Crippen molar-refractivity contribution >= 4 is 17.4 Å². The Labute approximate surface area is 105 Å². The van der Waals surface area contributed by atoms with Gasteiger partial charge in [-0.25, -0.2) is 4.98 Å². The summed E-state index contributed by atoms with van der Waals surface area (Å²) >= 11 is 6.10. The third-order valence-corrected chi connectivity index (χ3v) is 3.26. The van der Waals surface area contributed by atoms with Crippen LogP contribution in [0.15, 0.2) is 6.20 Å². The van der Waals surface area contributed by atoms with Crippen molar-refractivity contribution in [2.75, 3.05) is 25.2 Å². The third kappa shape index (κ3) is 2.61. The normalized spacial score (nSPS) is 20.4. The maximum atomic E-state index is 9.38. The minimum Gasteiger partial charge on any atom is -0.467 e. The molecule has 0 saturated carbocycles. The molecule has 0 amide bonds. The predicted octanol–water partition coefficient (Wildman–Crippen LogP) is 1.49. The molecule has 0 spiro atoms. The number of anilines is 1. The lowest BCUT2D eigenvalue weighted by molar-refractivity contribution is 0.239. The largest absolute Gasteiger partial charge is 0.467 e. The molecule has 0 aromatic carbocycles. The van der Waals surface area contributed by atoms with E-state index in [2.05, 4.69) is 9.97 Å². The van der Waals surface area contributed by atoms with Gasteiger partial charge in [-0.05, 0) is 19.3 Å². The van der Waals surface area contributed by atoms with Crippen molar-refractivity contribution in [2.45, 2.75) is 25.3 Å². The second kappa shape index (κ2) is 5.51. The van der Waals surface area contributed by atoms with Crippen LogP contribution < -0.4 is 9.64 Å². The molecule has 2 rings (SSSR count). The molecule has 1 aliphatic rings. The van der Waals surface area contributed by atoms with E-state index in [9.17, 15) is 5.11 Å². The summed E-state index contributed by atoms with van der Waals surface area (Å²) in [5, 5.41) is 9.87. The number of aliphatic hydroxyl groups excluding tert-OH is 1. The van der Waals surface area contributed by atoms with Crippen molar-refractivity contribution < 1.29 is 9.84 Å². The molecule has 94 valence electrons. The van der Waals surface area contributed by atoms with Crippen LogP contribution >= 0.6 is 11.6 Å². The molecule has 1 aromatic heterocycles. The molecule has 1 aromatic rings. The summed E-state index contributed by atoms with van der Waals surface area (Å²) in [6, 6.07) is 0.382. The molecule has 1 N–H and O–H groups in total. The quantitative estimate of drug-likeness (QED) is 0.889. The summed E-state index contributed by atoms with van der Waals surface area (Å²) in [4.78, 5) is 10.2. The zero-order valence-corrected chi connectivity index (χ0v) is 10.5. The van der Waals surface area contributed by atoms with Gasteiger partial charge in [0.2, 0.25) is 0 Å². The first-order valence-electron chi connectivity index (χ1n) is 5.70. The van der Waals surface area contributed by atoms with E-state index in [1.165, 1.54) is 13.3 Å². The van der Waals surface area contributed by atoms with E-state index in [1.807, 2.05) is 4.90 Å². The number of halogens is 1. The first kappa shape index (κ1) is 12.4. The Kier molecular flexibility index (Phi) is 4.02. The molecule has 1 saturated heterocycles. The van der Waals surface area contributed by atoms with E-state index in [4.69, 9.17) is 16.3 Å². The van der Waals surface area contributed by atoms with Crippen molar-refractivity contribution in [3.05, 3.63) is 11.2 Å². The Morgan fingerprint density at radius 2 is 2.41 bits per heavy atom. The van der Waals surface area contributed by atoms with Gasteiger partial charge in [-0.15, -0.1) is 0 Å². The Morgan fingerprint density at radius 3 is 3.12 bits per heavy atom. The summed E-state index contributed by atoms with van der Waals surface area (Å²) in [6.45, 7) is 0.966. The highest BCUT2D eigenvalue weighted by Gasteiger charge is 2.25. The number of aromatic nitrogens is 2. The zero-order valence-electron chi connectivity index (χ0n) is 9.77. The van der Waals surface area contributed by atoms with Gasteiger partial charge in [-0.1, -0.05) is 11.6 Å². The molecule has 17 heavy (non-hydrogen) atoms. The fourth-order valence-electron chi connectivity index (χ4n) is 2.11. The molecule has 0 radical (unpaired) electrons.